The predicted molar refractivity (Wildman–Crippen MR) is 108 cm³/mol. The minimum absolute atomic E-state index is 0.0376. The molecule has 0 saturated heterocycles. The lowest BCUT2D eigenvalue weighted by Crippen LogP contribution is -2.32. The van der Waals surface area contributed by atoms with Gasteiger partial charge in [-0.15, -0.1) is 0 Å². The normalized spacial score (nSPS) is 28.0. The van der Waals surface area contributed by atoms with E-state index in [9.17, 15) is 24.9 Å². The summed E-state index contributed by atoms with van der Waals surface area (Å²) in [5, 5.41) is 30.5. The van der Waals surface area contributed by atoms with Crippen molar-refractivity contribution in [1.82, 2.24) is 0 Å². The summed E-state index contributed by atoms with van der Waals surface area (Å²) < 4.78 is 11.2. The highest BCUT2D eigenvalue weighted by molar-refractivity contribution is 5.98. The molecule has 158 valence electrons. The van der Waals surface area contributed by atoms with Crippen molar-refractivity contribution in [1.29, 1.82) is 0 Å². The third kappa shape index (κ3) is 5.68. The van der Waals surface area contributed by atoms with Gasteiger partial charge in [-0.3, -0.25) is 4.79 Å². The standard InChI is InChI=1S/C22H28O7/c1-4-12-28-19-11-10-16(23)20-15(19)6-5-7-17(24)21(26)18(25)9-8-13(2)14(3)29-22(20)27/h5-6,8-11,13-14,17,21,23-24,26H,4,7,12H2,1-3H3/b6-5+,9-8-/t13-,14+,17+,21+/m1/s1. The van der Waals surface area contributed by atoms with Gasteiger partial charge in [-0.25, -0.2) is 4.79 Å². The molecule has 3 N–H and O–H groups in total. The summed E-state index contributed by atoms with van der Waals surface area (Å²) in [6.45, 7) is 5.76. The van der Waals surface area contributed by atoms with Crippen molar-refractivity contribution >= 4 is 17.8 Å². The Morgan fingerprint density at radius 1 is 1.17 bits per heavy atom. The number of ether oxygens (including phenoxy) is 2. The first-order valence-corrected chi connectivity index (χ1v) is 9.70. The fourth-order valence-corrected chi connectivity index (χ4v) is 2.79. The van der Waals surface area contributed by atoms with E-state index in [1.165, 1.54) is 30.4 Å². The summed E-state index contributed by atoms with van der Waals surface area (Å²) in [6, 6.07) is 2.92. The van der Waals surface area contributed by atoms with Crippen LogP contribution in [0, 0.1) is 5.92 Å². The van der Waals surface area contributed by atoms with Gasteiger partial charge in [0, 0.05) is 11.5 Å². The molecule has 0 saturated carbocycles. The Morgan fingerprint density at radius 3 is 2.59 bits per heavy atom. The summed E-state index contributed by atoms with van der Waals surface area (Å²) >= 11 is 0. The monoisotopic (exact) mass is 404 g/mol. The molecule has 0 aromatic heterocycles. The van der Waals surface area contributed by atoms with Crippen LogP contribution >= 0.6 is 0 Å². The zero-order valence-corrected chi connectivity index (χ0v) is 16.9. The van der Waals surface area contributed by atoms with Crippen LogP contribution in [0.25, 0.3) is 6.08 Å². The molecule has 4 atom stereocenters. The number of ketones is 1. The molecule has 0 radical (unpaired) electrons. The average molecular weight is 404 g/mol. The van der Waals surface area contributed by atoms with Gasteiger partial charge in [0.1, 0.15) is 29.3 Å². The van der Waals surface area contributed by atoms with Crippen LogP contribution in [0.5, 0.6) is 11.5 Å². The molecule has 1 aromatic carbocycles. The minimum atomic E-state index is -1.57. The maximum Gasteiger partial charge on any atom is 0.342 e. The number of aliphatic hydroxyl groups is 2. The van der Waals surface area contributed by atoms with Gasteiger partial charge in [0.15, 0.2) is 5.78 Å². The van der Waals surface area contributed by atoms with Crippen molar-refractivity contribution < 1.29 is 34.4 Å². The molecular weight excluding hydrogens is 376 g/mol. The third-order valence-electron chi connectivity index (χ3n) is 4.76. The third-order valence-corrected chi connectivity index (χ3v) is 4.76. The van der Waals surface area contributed by atoms with Crippen LogP contribution in [0.15, 0.2) is 30.4 Å². The first kappa shape index (κ1) is 22.6. The second-order valence-electron chi connectivity index (χ2n) is 7.10. The summed E-state index contributed by atoms with van der Waals surface area (Å²) in [5.74, 6) is -1.56. The number of carbonyl (C=O) groups excluding carboxylic acids is 2. The van der Waals surface area contributed by atoms with Crippen LogP contribution in [0.2, 0.25) is 0 Å². The van der Waals surface area contributed by atoms with Gasteiger partial charge < -0.3 is 24.8 Å². The Morgan fingerprint density at radius 2 is 1.90 bits per heavy atom. The maximum absolute atomic E-state index is 12.8. The molecule has 7 heteroatoms. The maximum atomic E-state index is 12.8. The number of phenolic OH excluding ortho intramolecular Hbond substituents is 1. The highest BCUT2D eigenvalue weighted by Crippen LogP contribution is 2.33. The molecule has 0 unspecified atom stereocenters. The number of hydrogen-bond donors (Lipinski definition) is 3. The first-order chi connectivity index (χ1) is 13.8. The SMILES string of the molecule is CCCOc1ccc(O)c2c1/C=C/C[C@H](O)[C@H](O)C(=O)/C=C\[C@@H](C)[C@H](C)OC2=O. The number of cyclic esters (lactones) is 1. The number of phenols is 1. The van der Waals surface area contributed by atoms with Gasteiger partial charge in [0.05, 0.1) is 12.7 Å². The van der Waals surface area contributed by atoms with E-state index in [4.69, 9.17) is 9.47 Å². The van der Waals surface area contributed by atoms with E-state index in [0.29, 0.717) is 17.9 Å². The van der Waals surface area contributed by atoms with Crippen LogP contribution < -0.4 is 4.74 Å². The van der Waals surface area contributed by atoms with Crippen molar-refractivity contribution in [2.24, 2.45) is 5.92 Å². The Hall–Kier alpha value is -2.64. The van der Waals surface area contributed by atoms with E-state index < -0.39 is 30.1 Å². The number of benzene rings is 1. The zero-order valence-electron chi connectivity index (χ0n) is 16.9. The average Bonchev–Trinajstić information content (AvgIpc) is 2.69. The van der Waals surface area contributed by atoms with E-state index in [2.05, 4.69) is 0 Å². The van der Waals surface area contributed by atoms with Gasteiger partial charge in [-0.2, -0.15) is 0 Å². The number of carbonyl (C=O) groups is 2. The van der Waals surface area contributed by atoms with Crippen molar-refractivity contribution in [2.75, 3.05) is 6.61 Å². The molecule has 1 aromatic rings. The molecule has 1 aliphatic rings. The Balaban J connectivity index is 2.53. The second kappa shape index (κ2) is 10.2. The fraction of sp³-hybridized carbons (Fsp3) is 0.455. The van der Waals surface area contributed by atoms with E-state index in [-0.39, 0.29) is 23.7 Å². The number of fused-ring (bicyclic) bond motifs is 1. The van der Waals surface area contributed by atoms with Gasteiger partial charge in [0.2, 0.25) is 0 Å². The molecule has 29 heavy (non-hydrogen) atoms. The van der Waals surface area contributed by atoms with E-state index >= 15 is 0 Å². The molecular formula is C22H28O7. The molecule has 0 amide bonds. The number of esters is 1. The summed E-state index contributed by atoms with van der Waals surface area (Å²) in [4.78, 5) is 24.9. The molecule has 0 bridgehead atoms. The van der Waals surface area contributed by atoms with Crippen molar-refractivity contribution in [2.45, 2.75) is 51.9 Å². The highest BCUT2D eigenvalue weighted by Gasteiger charge is 2.26. The van der Waals surface area contributed by atoms with Crippen molar-refractivity contribution in [3.63, 3.8) is 0 Å². The number of rotatable bonds is 3. The van der Waals surface area contributed by atoms with Crippen LogP contribution in [0.1, 0.15) is 49.5 Å². The quantitative estimate of drug-likeness (QED) is 0.664. The lowest BCUT2D eigenvalue weighted by Gasteiger charge is -2.21. The molecule has 0 aliphatic carbocycles. The van der Waals surface area contributed by atoms with Crippen molar-refractivity contribution in [3.8, 4) is 11.5 Å². The molecule has 1 heterocycles. The number of aromatic hydroxyl groups is 1. The summed E-state index contributed by atoms with van der Waals surface area (Å²) in [6.07, 6.45) is 2.94. The molecule has 1 aliphatic heterocycles. The summed E-state index contributed by atoms with van der Waals surface area (Å²) in [5.41, 5.74) is 0.268. The van der Waals surface area contributed by atoms with Crippen LogP contribution in [-0.2, 0) is 9.53 Å². The Bertz CT molecular complexity index is 797. The predicted octanol–water partition coefficient (Wildman–Crippen LogP) is 2.63. The highest BCUT2D eigenvalue weighted by atomic mass is 16.5. The van der Waals surface area contributed by atoms with E-state index in [0.717, 1.165) is 6.42 Å². The topological polar surface area (TPSA) is 113 Å². The largest absolute Gasteiger partial charge is 0.507 e. The first-order valence-electron chi connectivity index (χ1n) is 9.70. The fourth-order valence-electron chi connectivity index (χ4n) is 2.79. The Kier molecular flexibility index (Phi) is 7.99. The van der Waals surface area contributed by atoms with Gasteiger partial charge in [-0.05, 0) is 38.0 Å². The summed E-state index contributed by atoms with van der Waals surface area (Å²) in [7, 11) is 0. The van der Waals surface area contributed by atoms with Gasteiger partial charge in [-0.1, -0.05) is 32.1 Å². The van der Waals surface area contributed by atoms with Crippen LogP contribution in [0.4, 0.5) is 0 Å². The molecule has 7 nitrogen and oxygen atoms in total. The lowest BCUT2D eigenvalue weighted by atomic mass is 9.99. The van der Waals surface area contributed by atoms with Crippen LogP contribution in [0.3, 0.4) is 0 Å². The van der Waals surface area contributed by atoms with Gasteiger partial charge in [0.25, 0.3) is 0 Å². The lowest BCUT2D eigenvalue weighted by molar-refractivity contribution is -0.127. The molecule has 2 rings (SSSR count). The second-order valence-corrected chi connectivity index (χ2v) is 7.10. The van der Waals surface area contributed by atoms with E-state index in [1.807, 2.05) is 6.92 Å². The minimum Gasteiger partial charge on any atom is -0.507 e. The van der Waals surface area contributed by atoms with Gasteiger partial charge >= 0.3 is 5.97 Å². The van der Waals surface area contributed by atoms with E-state index in [1.54, 1.807) is 19.9 Å². The smallest absolute Gasteiger partial charge is 0.342 e. The van der Waals surface area contributed by atoms with Crippen LogP contribution in [-0.4, -0.2) is 52.0 Å². The number of hydrogen-bond acceptors (Lipinski definition) is 7. The molecule has 0 fully saturated rings. The zero-order chi connectivity index (χ0) is 21.6. The number of aliphatic hydroxyl groups excluding tert-OH is 2. The van der Waals surface area contributed by atoms with Crippen molar-refractivity contribution in [3.05, 3.63) is 41.5 Å². The Labute approximate surface area is 170 Å². The molecule has 0 spiro atoms.